The van der Waals surface area contributed by atoms with Crippen LogP contribution in [0.1, 0.15) is 22.2 Å². The first-order chi connectivity index (χ1) is 11.0. The van der Waals surface area contributed by atoms with Crippen LogP contribution >= 0.6 is 11.3 Å². The number of hydrogen-bond donors (Lipinski definition) is 2. The highest BCUT2D eigenvalue weighted by molar-refractivity contribution is 7.10. The molecule has 1 heterocycles. The van der Waals surface area contributed by atoms with Crippen molar-refractivity contribution < 1.29 is 23.8 Å². The lowest BCUT2D eigenvalue weighted by atomic mass is 10.2. The number of alkyl halides is 1. The largest absolute Gasteiger partial charge is 0.477 e. The molecule has 2 rings (SSSR count). The van der Waals surface area contributed by atoms with Crippen LogP contribution in [0.25, 0.3) is 6.08 Å². The molecule has 0 fully saturated rings. The van der Waals surface area contributed by atoms with Gasteiger partial charge in [-0.2, -0.15) is 0 Å². The van der Waals surface area contributed by atoms with E-state index in [1.807, 2.05) is 0 Å². The summed E-state index contributed by atoms with van der Waals surface area (Å²) in [5.74, 6) is -1.53. The molecule has 0 saturated carbocycles. The molecular weight excluding hydrogens is 321 g/mol. The van der Waals surface area contributed by atoms with E-state index in [-0.39, 0.29) is 17.0 Å². The maximum Gasteiger partial charge on any atom is 0.352 e. The van der Waals surface area contributed by atoms with Crippen molar-refractivity contribution in [2.24, 2.45) is 0 Å². The summed E-state index contributed by atoms with van der Waals surface area (Å²) in [5.41, 5.74) is 0.0114. The minimum Gasteiger partial charge on any atom is -0.477 e. The number of ether oxygens (including phenoxy) is 1. The van der Waals surface area contributed by atoms with Gasteiger partial charge in [0.1, 0.15) is 11.4 Å². The summed E-state index contributed by atoms with van der Waals surface area (Å²) < 4.78 is 17.6. The number of carboxylic acids is 1. The molecule has 1 aromatic heterocycles. The van der Waals surface area contributed by atoms with Gasteiger partial charge in [-0.3, -0.25) is 4.79 Å². The highest BCUT2D eigenvalue weighted by Crippen LogP contribution is 2.16. The normalized spacial score (nSPS) is 12.5. The summed E-state index contributed by atoms with van der Waals surface area (Å²) in [6.07, 6.45) is -0.0744. The highest BCUT2D eigenvalue weighted by Gasteiger charge is 2.14. The number of carboxylic acid groups (broad SMARTS) is 1. The monoisotopic (exact) mass is 335 g/mol. The summed E-state index contributed by atoms with van der Waals surface area (Å²) in [6.45, 7) is 1.25. The molecule has 23 heavy (non-hydrogen) atoms. The molecule has 120 valence electrons. The van der Waals surface area contributed by atoms with Gasteiger partial charge in [-0.15, -0.1) is 11.3 Å². The van der Waals surface area contributed by atoms with Crippen molar-refractivity contribution in [1.82, 2.24) is 5.32 Å². The fourth-order valence-corrected chi connectivity index (χ4v) is 2.39. The third kappa shape index (κ3) is 4.93. The lowest BCUT2D eigenvalue weighted by Crippen LogP contribution is -2.27. The van der Waals surface area contributed by atoms with E-state index in [9.17, 15) is 19.1 Å². The predicted molar refractivity (Wildman–Crippen MR) is 85.0 cm³/mol. The average molecular weight is 335 g/mol. The van der Waals surface area contributed by atoms with Crippen LogP contribution in [0.15, 0.2) is 47.5 Å². The molecule has 0 unspecified atom stereocenters. The van der Waals surface area contributed by atoms with Gasteiger partial charge in [-0.05, 0) is 41.8 Å². The van der Waals surface area contributed by atoms with Gasteiger partial charge in [0.2, 0.25) is 6.36 Å². The van der Waals surface area contributed by atoms with Crippen molar-refractivity contribution in [2.45, 2.75) is 13.3 Å². The van der Waals surface area contributed by atoms with E-state index in [4.69, 9.17) is 4.74 Å². The molecule has 0 saturated heterocycles. The molecule has 2 N–H and O–H groups in total. The Hall–Kier alpha value is -2.67. The molecular formula is C16H14FNO4S. The standard InChI is InChI=1S/C16H14FNO4S/c1-10(17)22-12-6-4-11(5-7-12)15(19)18-14(16(20)21)9-13-3-2-8-23-13/h2-10H,1H3,(H,18,19)(H,20,21)/b14-9+/t10-/m0/s1. The van der Waals surface area contributed by atoms with E-state index in [2.05, 4.69) is 5.32 Å². The smallest absolute Gasteiger partial charge is 0.352 e. The van der Waals surface area contributed by atoms with Crippen LogP contribution < -0.4 is 10.1 Å². The molecule has 0 spiro atoms. The summed E-state index contributed by atoms with van der Waals surface area (Å²) >= 11 is 1.36. The Morgan fingerprint density at radius 3 is 2.52 bits per heavy atom. The van der Waals surface area contributed by atoms with Gasteiger partial charge < -0.3 is 15.2 Å². The quantitative estimate of drug-likeness (QED) is 0.794. The molecule has 2 aromatic rings. The van der Waals surface area contributed by atoms with Crippen LogP contribution in [-0.4, -0.2) is 23.3 Å². The molecule has 1 aromatic carbocycles. The lowest BCUT2D eigenvalue weighted by molar-refractivity contribution is -0.132. The highest BCUT2D eigenvalue weighted by atomic mass is 32.1. The van der Waals surface area contributed by atoms with Crippen molar-refractivity contribution in [2.75, 3.05) is 0 Å². The Kier molecular flexibility index (Phi) is 5.48. The Bertz CT molecular complexity index is 708. The van der Waals surface area contributed by atoms with Gasteiger partial charge >= 0.3 is 5.97 Å². The number of carbonyl (C=O) groups is 2. The van der Waals surface area contributed by atoms with Crippen molar-refractivity contribution in [3.63, 3.8) is 0 Å². The fraction of sp³-hybridized carbons (Fsp3) is 0.125. The molecule has 0 aliphatic heterocycles. The number of amides is 1. The minimum atomic E-state index is -1.46. The Morgan fingerprint density at radius 2 is 2.00 bits per heavy atom. The second-order valence-corrected chi connectivity index (χ2v) is 5.50. The first kappa shape index (κ1) is 16.7. The van der Waals surface area contributed by atoms with Gasteiger partial charge in [-0.1, -0.05) is 6.07 Å². The van der Waals surface area contributed by atoms with E-state index in [1.165, 1.54) is 48.6 Å². The fourth-order valence-electron chi connectivity index (χ4n) is 1.73. The third-order valence-corrected chi connectivity index (χ3v) is 3.54. The SMILES string of the molecule is C[C@@H](F)Oc1ccc(C(=O)N/C(=C/c2cccs2)C(=O)O)cc1. The average Bonchev–Trinajstić information content (AvgIpc) is 2.99. The number of aliphatic carboxylic acids is 1. The molecule has 0 aliphatic rings. The summed E-state index contributed by atoms with van der Waals surface area (Å²) in [5, 5.41) is 13.3. The number of carbonyl (C=O) groups excluding carboxylic acids is 1. The maximum atomic E-state index is 12.7. The number of thiophene rings is 1. The zero-order valence-electron chi connectivity index (χ0n) is 12.2. The topological polar surface area (TPSA) is 75.6 Å². The maximum absolute atomic E-state index is 12.7. The van der Waals surface area contributed by atoms with Crippen LogP contribution in [0.3, 0.4) is 0 Å². The molecule has 1 amide bonds. The Labute approximate surface area is 136 Å². The Morgan fingerprint density at radius 1 is 1.30 bits per heavy atom. The zero-order chi connectivity index (χ0) is 16.8. The zero-order valence-corrected chi connectivity index (χ0v) is 13.0. The first-order valence-corrected chi connectivity index (χ1v) is 7.54. The van der Waals surface area contributed by atoms with Gasteiger partial charge in [0.05, 0.1) is 0 Å². The predicted octanol–water partition coefficient (Wildman–Crippen LogP) is 3.30. The molecule has 0 aliphatic carbocycles. The number of halogens is 1. The van der Waals surface area contributed by atoms with E-state index in [0.29, 0.717) is 4.88 Å². The van der Waals surface area contributed by atoms with E-state index < -0.39 is 18.2 Å². The van der Waals surface area contributed by atoms with Crippen molar-refractivity contribution in [1.29, 1.82) is 0 Å². The minimum absolute atomic E-state index is 0.227. The van der Waals surface area contributed by atoms with Gasteiger partial charge in [0, 0.05) is 17.4 Å². The van der Waals surface area contributed by atoms with Crippen LogP contribution in [0.2, 0.25) is 0 Å². The molecule has 0 bridgehead atoms. The van der Waals surface area contributed by atoms with Gasteiger partial charge in [0.25, 0.3) is 5.91 Å². The second-order valence-electron chi connectivity index (χ2n) is 4.52. The number of hydrogen-bond acceptors (Lipinski definition) is 4. The number of rotatable bonds is 6. The van der Waals surface area contributed by atoms with Gasteiger partial charge in [0.15, 0.2) is 0 Å². The number of benzene rings is 1. The Balaban J connectivity index is 2.11. The summed E-state index contributed by atoms with van der Waals surface area (Å²) in [4.78, 5) is 24.0. The van der Waals surface area contributed by atoms with Crippen LogP contribution in [-0.2, 0) is 4.79 Å². The third-order valence-electron chi connectivity index (χ3n) is 2.72. The van der Waals surface area contributed by atoms with Crippen LogP contribution in [0.5, 0.6) is 5.75 Å². The van der Waals surface area contributed by atoms with E-state index in [0.717, 1.165) is 0 Å². The molecule has 7 heteroatoms. The second kappa shape index (κ2) is 7.55. The van der Waals surface area contributed by atoms with E-state index >= 15 is 0 Å². The van der Waals surface area contributed by atoms with Crippen molar-refractivity contribution >= 4 is 29.3 Å². The summed E-state index contributed by atoms with van der Waals surface area (Å²) in [6, 6.07) is 9.25. The van der Waals surface area contributed by atoms with Crippen molar-refractivity contribution in [3.8, 4) is 5.75 Å². The van der Waals surface area contributed by atoms with Gasteiger partial charge in [-0.25, -0.2) is 9.18 Å². The summed E-state index contributed by atoms with van der Waals surface area (Å²) in [7, 11) is 0. The van der Waals surface area contributed by atoms with Crippen molar-refractivity contribution in [3.05, 3.63) is 57.9 Å². The number of nitrogens with one attached hydrogen (secondary N) is 1. The first-order valence-electron chi connectivity index (χ1n) is 6.66. The molecule has 1 atom stereocenters. The van der Waals surface area contributed by atoms with Crippen LogP contribution in [0.4, 0.5) is 4.39 Å². The van der Waals surface area contributed by atoms with Crippen LogP contribution in [0, 0.1) is 0 Å². The molecule has 5 nitrogen and oxygen atoms in total. The lowest BCUT2D eigenvalue weighted by Gasteiger charge is -2.08. The molecule has 0 radical (unpaired) electrons. The van der Waals surface area contributed by atoms with E-state index in [1.54, 1.807) is 17.5 Å².